The van der Waals surface area contributed by atoms with Crippen LogP contribution in [0.4, 0.5) is 16.2 Å². The van der Waals surface area contributed by atoms with Crippen molar-refractivity contribution in [1.82, 2.24) is 5.32 Å². The molecule has 0 atom stereocenters. The van der Waals surface area contributed by atoms with Gasteiger partial charge in [0.15, 0.2) is 0 Å². The van der Waals surface area contributed by atoms with Gasteiger partial charge in [-0.1, -0.05) is 17.7 Å². The Morgan fingerprint density at radius 1 is 1.26 bits per heavy atom. The molecule has 3 N–H and O–H groups in total. The summed E-state index contributed by atoms with van der Waals surface area (Å²) in [7, 11) is 0. The Labute approximate surface area is 137 Å². The SMILES string of the molecule is O=C(Nc1cccc([N+](=O)[O-])c1Cl)NC1CCC(C(=O)O)CC1. The predicted molar refractivity (Wildman–Crippen MR) is 83.6 cm³/mol. The number of hydrogen-bond acceptors (Lipinski definition) is 4. The van der Waals surface area contributed by atoms with Crippen LogP contribution in [0.3, 0.4) is 0 Å². The Balaban J connectivity index is 1.92. The molecular weight excluding hydrogens is 326 g/mol. The molecule has 0 aliphatic heterocycles. The summed E-state index contributed by atoms with van der Waals surface area (Å²) < 4.78 is 0. The molecule has 0 radical (unpaired) electrons. The summed E-state index contributed by atoms with van der Waals surface area (Å²) in [6.45, 7) is 0. The van der Waals surface area contributed by atoms with Gasteiger partial charge in [0.2, 0.25) is 0 Å². The van der Waals surface area contributed by atoms with Crippen LogP contribution in [-0.2, 0) is 4.79 Å². The van der Waals surface area contributed by atoms with Gasteiger partial charge in [-0.3, -0.25) is 14.9 Å². The van der Waals surface area contributed by atoms with Crippen LogP contribution in [0.5, 0.6) is 0 Å². The fourth-order valence-electron chi connectivity index (χ4n) is 2.59. The van der Waals surface area contributed by atoms with Gasteiger partial charge < -0.3 is 15.7 Å². The standard InChI is InChI=1S/C14H16ClN3O5/c15-12-10(2-1-3-11(12)18(22)23)17-14(21)16-9-6-4-8(5-7-9)13(19)20/h1-3,8-9H,4-7H2,(H,19,20)(H2,16,17,21). The first kappa shape index (κ1) is 17.0. The van der Waals surface area contributed by atoms with Gasteiger partial charge in [0.05, 0.1) is 16.5 Å². The van der Waals surface area contributed by atoms with Gasteiger partial charge in [0.1, 0.15) is 5.02 Å². The zero-order chi connectivity index (χ0) is 17.0. The number of nitrogens with one attached hydrogen (secondary N) is 2. The molecule has 1 fully saturated rings. The maximum atomic E-state index is 12.0. The van der Waals surface area contributed by atoms with E-state index in [1.165, 1.54) is 18.2 Å². The summed E-state index contributed by atoms with van der Waals surface area (Å²) in [5.41, 5.74) is -0.135. The summed E-state index contributed by atoms with van der Waals surface area (Å²) in [6, 6.07) is 3.50. The quantitative estimate of drug-likeness (QED) is 0.574. The Morgan fingerprint density at radius 3 is 2.48 bits per heavy atom. The van der Waals surface area contributed by atoms with E-state index < -0.39 is 16.9 Å². The molecule has 9 heteroatoms. The molecule has 0 spiro atoms. The fraction of sp³-hybridized carbons (Fsp3) is 0.429. The number of nitrogens with zero attached hydrogens (tertiary/aromatic N) is 1. The average Bonchev–Trinajstić information content (AvgIpc) is 2.49. The molecule has 1 aliphatic rings. The number of carbonyl (C=O) groups excluding carboxylic acids is 1. The Morgan fingerprint density at radius 2 is 1.91 bits per heavy atom. The van der Waals surface area contributed by atoms with Crippen LogP contribution in [0.2, 0.25) is 5.02 Å². The van der Waals surface area contributed by atoms with Gasteiger partial charge in [-0.15, -0.1) is 0 Å². The second kappa shape index (κ2) is 7.28. The molecule has 1 aromatic carbocycles. The molecule has 0 unspecified atom stereocenters. The van der Waals surface area contributed by atoms with Crippen LogP contribution in [0.1, 0.15) is 25.7 Å². The Bertz CT molecular complexity index is 629. The highest BCUT2D eigenvalue weighted by atomic mass is 35.5. The number of nitro groups is 1. The summed E-state index contributed by atoms with van der Waals surface area (Å²) >= 11 is 5.90. The second-order valence-corrected chi connectivity index (χ2v) is 5.76. The third kappa shape index (κ3) is 4.32. The van der Waals surface area contributed by atoms with Crippen molar-refractivity contribution in [3.8, 4) is 0 Å². The summed E-state index contributed by atoms with van der Waals surface area (Å²) in [6.07, 6.45) is 2.18. The largest absolute Gasteiger partial charge is 0.481 e. The van der Waals surface area contributed by atoms with Crippen molar-refractivity contribution >= 4 is 35.0 Å². The minimum absolute atomic E-state index is 0.122. The monoisotopic (exact) mass is 341 g/mol. The molecule has 1 aromatic rings. The van der Waals surface area contributed by atoms with E-state index in [4.69, 9.17) is 16.7 Å². The molecule has 1 aliphatic carbocycles. The lowest BCUT2D eigenvalue weighted by atomic mass is 9.86. The van der Waals surface area contributed by atoms with Crippen molar-refractivity contribution in [3.63, 3.8) is 0 Å². The number of halogens is 1. The minimum atomic E-state index is -0.809. The number of carbonyl (C=O) groups is 2. The molecule has 0 heterocycles. The molecule has 2 rings (SSSR count). The first-order valence-electron chi connectivity index (χ1n) is 7.11. The van der Waals surface area contributed by atoms with Crippen LogP contribution >= 0.6 is 11.6 Å². The summed E-state index contributed by atoms with van der Waals surface area (Å²) in [4.78, 5) is 33.0. The summed E-state index contributed by atoms with van der Waals surface area (Å²) in [5.74, 6) is -1.17. The van der Waals surface area contributed by atoms with Crippen LogP contribution in [-0.4, -0.2) is 28.1 Å². The van der Waals surface area contributed by atoms with Gasteiger partial charge in [0, 0.05) is 12.1 Å². The molecule has 1 saturated carbocycles. The van der Waals surface area contributed by atoms with Crippen LogP contribution in [0.25, 0.3) is 0 Å². The number of urea groups is 1. The van der Waals surface area contributed by atoms with Crippen molar-refractivity contribution in [2.45, 2.75) is 31.7 Å². The second-order valence-electron chi connectivity index (χ2n) is 5.38. The van der Waals surface area contributed by atoms with E-state index in [-0.39, 0.29) is 28.4 Å². The molecular formula is C14H16ClN3O5. The first-order valence-corrected chi connectivity index (χ1v) is 7.49. The number of rotatable bonds is 4. The fourth-order valence-corrected chi connectivity index (χ4v) is 2.83. The number of carboxylic acid groups (broad SMARTS) is 1. The van der Waals surface area contributed by atoms with E-state index in [1.54, 1.807) is 0 Å². The molecule has 2 amide bonds. The van der Waals surface area contributed by atoms with E-state index in [0.29, 0.717) is 25.7 Å². The Kier molecular flexibility index (Phi) is 5.38. The van der Waals surface area contributed by atoms with Crippen molar-refractivity contribution in [3.05, 3.63) is 33.3 Å². The van der Waals surface area contributed by atoms with Gasteiger partial charge in [-0.05, 0) is 31.7 Å². The number of amides is 2. The van der Waals surface area contributed by atoms with Crippen molar-refractivity contribution in [1.29, 1.82) is 0 Å². The predicted octanol–water partition coefficient (Wildman–Crippen LogP) is 3.01. The average molecular weight is 342 g/mol. The van der Waals surface area contributed by atoms with Crippen LogP contribution in [0.15, 0.2) is 18.2 Å². The lowest BCUT2D eigenvalue weighted by Crippen LogP contribution is -2.41. The number of carboxylic acids is 1. The zero-order valence-electron chi connectivity index (χ0n) is 12.1. The van der Waals surface area contributed by atoms with Crippen molar-refractivity contribution in [2.75, 3.05) is 5.32 Å². The molecule has 0 bridgehead atoms. The lowest BCUT2D eigenvalue weighted by Gasteiger charge is -2.26. The number of benzene rings is 1. The van der Waals surface area contributed by atoms with Crippen LogP contribution < -0.4 is 10.6 Å². The number of aliphatic carboxylic acids is 1. The third-order valence-corrected chi connectivity index (χ3v) is 4.23. The molecule has 0 saturated heterocycles. The Hall–Kier alpha value is -2.35. The van der Waals surface area contributed by atoms with E-state index in [0.717, 1.165) is 0 Å². The number of anilines is 1. The molecule has 8 nitrogen and oxygen atoms in total. The normalized spacial score (nSPS) is 20.6. The highest BCUT2D eigenvalue weighted by Gasteiger charge is 2.27. The smallest absolute Gasteiger partial charge is 0.319 e. The first-order chi connectivity index (χ1) is 10.9. The minimum Gasteiger partial charge on any atom is -0.481 e. The van der Waals surface area contributed by atoms with Gasteiger partial charge in [-0.2, -0.15) is 0 Å². The molecule has 23 heavy (non-hydrogen) atoms. The van der Waals surface area contributed by atoms with Crippen molar-refractivity contribution < 1.29 is 19.6 Å². The maximum Gasteiger partial charge on any atom is 0.319 e. The summed E-state index contributed by atoms with van der Waals surface area (Å²) in [5, 5.41) is 24.8. The van der Waals surface area contributed by atoms with Crippen LogP contribution in [0, 0.1) is 16.0 Å². The number of hydrogen-bond donors (Lipinski definition) is 3. The van der Waals surface area contributed by atoms with Gasteiger partial charge in [0.25, 0.3) is 5.69 Å². The third-order valence-electron chi connectivity index (χ3n) is 3.83. The topological polar surface area (TPSA) is 122 Å². The molecule has 0 aromatic heterocycles. The van der Waals surface area contributed by atoms with Gasteiger partial charge >= 0.3 is 12.0 Å². The number of nitro benzene ring substituents is 1. The van der Waals surface area contributed by atoms with Gasteiger partial charge in [-0.25, -0.2) is 4.79 Å². The highest BCUT2D eigenvalue weighted by Crippen LogP contribution is 2.31. The van der Waals surface area contributed by atoms with Crippen molar-refractivity contribution in [2.24, 2.45) is 5.92 Å². The van der Waals surface area contributed by atoms with E-state index in [9.17, 15) is 19.7 Å². The van der Waals surface area contributed by atoms with E-state index in [2.05, 4.69) is 10.6 Å². The lowest BCUT2D eigenvalue weighted by molar-refractivity contribution is -0.384. The molecule has 124 valence electrons. The highest BCUT2D eigenvalue weighted by molar-refractivity contribution is 6.35. The maximum absolute atomic E-state index is 12.0. The van der Waals surface area contributed by atoms with E-state index >= 15 is 0 Å². The zero-order valence-corrected chi connectivity index (χ0v) is 12.9. The van der Waals surface area contributed by atoms with E-state index in [1.807, 2.05) is 0 Å².